The van der Waals surface area contributed by atoms with Crippen LogP contribution in [0.4, 0.5) is 0 Å². The summed E-state index contributed by atoms with van der Waals surface area (Å²) in [6.07, 6.45) is 0. The van der Waals surface area contributed by atoms with E-state index >= 15 is 0 Å². The fourth-order valence-corrected chi connectivity index (χ4v) is 5.83. The Morgan fingerprint density at radius 2 is 0.818 bits per heavy atom. The Labute approximate surface area is 256 Å². The SMILES string of the molecule is c1ccc(-c2ccc(-c3nc(-c4ccccc4)nc(-c4ccc(-c5cccc6c5-c5ccccc5OC6)cc4)n3)cc2)cc1. The van der Waals surface area contributed by atoms with Crippen molar-refractivity contribution in [2.75, 3.05) is 0 Å². The average Bonchev–Trinajstić information content (AvgIpc) is 3.12. The first kappa shape index (κ1) is 25.8. The van der Waals surface area contributed by atoms with Crippen molar-refractivity contribution >= 4 is 0 Å². The lowest BCUT2D eigenvalue weighted by Gasteiger charge is -2.23. The zero-order chi connectivity index (χ0) is 29.3. The fraction of sp³-hybridized carbons (Fsp3) is 0.0250. The Hall–Kier alpha value is -5.87. The maximum Gasteiger partial charge on any atom is 0.164 e. The number of ether oxygens (including phenoxy) is 1. The van der Waals surface area contributed by atoms with Gasteiger partial charge in [0.2, 0.25) is 0 Å². The monoisotopic (exact) mass is 565 g/mol. The Morgan fingerprint density at radius 3 is 1.45 bits per heavy atom. The highest BCUT2D eigenvalue weighted by Crippen LogP contribution is 2.43. The molecule has 4 nitrogen and oxygen atoms in total. The van der Waals surface area contributed by atoms with E-state index in [4.69, 9.17) is 19.7 Å². The van der Waals surface area contributed by atoms with Gasteiger partial charge in [-0.1, -0.05) is 146 Å². The summed E-state index contributed by atoms with van der Waals surface area (Å²) in [5.74, 6) is 2.86. The molecule has 0 aliphatic carbocycles. The predicted molar refractivity (Wildman–Crippen MR) is 177 cm³/mol. The Bertz CT molecular complexity index is 2090. The summed E-state index contributed by atoms with van der Waals surface area (Å²) >= 11 is 0. The highest BCUT2D eigenvalue weighted by molar-refractivity contribution is 5.89. The van der Waals surface area contributed by atoms with Gasteiger partial charge in [0.25, 0.3) is 0 Å². The van der Waals surface area contributed by atoms with Gasteiger partial charge in [-0.3, -0.25) is 0 Å². The quantitative estimate of drug-likeness (QED) is 0.208. The van der Waals surface area contributed by atoms with E-state index in [1.807, 2.05) is 48.5 Å². The van der Waals surface area contributed by atoms with Crippen LogP contribution in [-0.4, -0.2) is 15.0 Å². The number of hydrogen-bond acceptors (Lipinski definition) is 4. The number of fused-ring (bicyclic) bond motifs is 3. The van der Waals surface area contributed by atoms with Gasteiger partial charge in [-0.15, -0.1) is 0 Å². The maximum absolute atomic E-state index is 6.02. The van der Waals surface area contributed by atoms with Gasteiger partial charge in [0, 0.05) is 22.3 Å². The first-order chi connectivity index (χ1) is 21.8. The van der Waals surface area contributed by atoms with E-state index in [-0.39, 0.29) is 0 Å². The predicted octanol–water partition coefficient (Wildman–Crippen LogP) is 9.77. The summed E-state index contributed by atoms with van der Waals surface area (Å²) in [5.41, 5.74) is 11.0. The zero-order valence-corrected chi connectivity index (χ0v) is 23.9. The van der Waals surface area contributed by atoms with Gasteiger partial charge in [-0.25, -0.2) is 15.0 Å². The van der Waals surface area contributed by atoms with Crippen molar-refractivity contribution in [3.05, 3.63) is 157 Å². The first-order valence-corrected chi connectivity index (χ1v) is 14.7. The summed E-state index contributed by atoms with van der Waals surface area (Å²) < 4.78 is 6.02. The lowest BCUT2D eigenvalue weighted by atomic mass is 9.89. The van der Waals surface area contributed by atoms with Gasteiger partial charge in [-0.05, 0) is 39.4 Å². The van der Waals surface area contributed by atoms with Crippen LogP contribution in [0.25, 0.3) is 67.5 Å². The molecule has 0 radical (unpaired) electrons. The van der Waals surface area contributed by atoms with Crippen molar-refractivity contribution in [3.63, 3.8) is 0 Å². The van der Waals surface area contributed by atoms with Crippen LogP contribution in [-0.2, 0) is 6.61 Å². The molecule has 2 heterocycles. The topological polar surface area (TPSA) is 47.9 Å². The molecular formula is C40H27N3O. The van der Waals surface area contributed by atoms with E-state index < -0.39 is 0 Å². The number of para-hydroxylation sites is 1. The molecule has 0 atom stereocenters. The highest BCUT2D eigenvalue weighted by atomic mass is 16.5. The normalized spacial score (nSPS) is 11.7. The molecule has 0 unspecified atom stereocenters. The van der Waals surface area contributed by atoms with Crippen molar-refractivity contribution in [1.82, 2.24) is 15.0 Å². The molecule has 0 spiro atoms. The molecule has 4 heteroatoms. The minimum Gasteiger partial charge on any atom is -0.488 e. The lowest BCUT2D eigenvalue weighted by molar-refractivity contribution is 0.302. The number of aromatic nitrogens is 3. The smallest absolute Gasteiger partial charge is 0.164 e. The van der Waals surface area contributed by atoms with Gasteiger partial charge in [-0.2, -0.15) is 0 Å². The summed E-state index contributed by atoms with van der Waals surface area (Å²) in [4.78, 5) is 14.8. The minimum atomic E-state index is 0.570. The molecule has 1 aliphatic heterocycles. The van der Waals surface area contributed by atoms with Gasteiger partial charge in [0.1, 0.15) is 12.4 Å². The van der Waals surface area contributed by atoms with Gasteiger partial charge in [0.05, 0.1) is 0 Å². The van der Waals surface area contributed by atoms with Crippen LogP contribution in [0, 0.1) is 0 Å². The second-order valence-corrected chi connectivity index (χ2v) is 10.8. The highest BCUT2D eigenvalue weighted by Gasteiger charge is 2.21. The van der Waals surface area contributed by atoms with E-state index in [0.29, 0.717) is 24.1 Å². The molecule has 44 heavy (non-hydrogen) atoms. The minimum absolute atomic E-state index is 0.570. The van der Waals surface area contributed by atoms with Gasteiger partial charge in [0.15, 0.2) is 17.5 Å². The molecular weight excluding hydrogens is 538 g/mol. The third-order valence-corrected chi connectivity index (χ3v) is 8.06. The van der Waals surface area contributed by atoms with Crippen LogP contribution >= 0.6 is 0 Å². The van der Waals surface area contributed by atoms with Crippen LogP contribution in [0.3, 0.4) is 0 Å². The fourth-order valence-electron chi connectivity index (χ4n) is 5.83. The van der Waals surface area contributed by atoms with E-state index in [1.54, 1.807) is 0 Å². The molecule has 0 saturated heterocycles. The number of hydrogen-bond donors (Lipinski definition) is 0. The Morgan fingerprint density at radius 1 is 0.364 bits per heavy atom. The standard InChI is InChI=1S/C40H27N3O/c1-3-10-27(11-4-1)28-18-22-31(23-19-28)39-41-38(30-12-5-2-6-13-30)42-40(43-39)32-24-20-29(21-25-32)34-16-9-14-33-26-44-36-17-8-7-15-35(36)37(33)34/h1-25H,26H2. The van der Waals surface area contributed by atoms with Crippen LogP contribution in [0.15, 0.2) is 152 Å². The second kappa shape index (κ2) is 11.1. The lowest BCUT2D eigenvalue weighted by Crippen LogP contribution is -2.06. The molecule has 6 aromatic carbocycles. The van der Waals surface area contributed by atoms with Crippen LogP contribution in [0.1, 0.15) is 5.56 Å². The van der Waals surface area contributed by atoms with E-state index in [0.717, 1.165) is 39.1 Å². The molecule has 1 aromatic heterocycles. The summed E-state index contributed by atoms with van der Waals surface area (Å²) in [7, 11) is 0. The van der Waals surface area contributed by atoms with Gasteiger partial charge >= 0.3 is 0 Å². The molecule has 208 valence electrons. The average molecular weight is 566 g/mol. The van der Waals surface area contributed by atoms with E-state index in [9.17, 15) is 0 Å². The van der Waals surface area contributed by atoms with Crippen LogP contribution < -0.4 is 4.74 Å². The van der Waals surface area contributed by atoms with Gasteiger partial charge < -0.3 is 4.74 Å². The summed E-state index contributed by atoms with van der Waals surface area (Å²) in [6, 6.07) is 52.1. The molecule has 0 saturated carbocycles. The van der Waals surface area contributed by atoms with Crippen molar-refractivity contribution in [1.29, 1.82) is 0 Å². The first-order valence-electron chi connectivity index (χ1n) is 14.7. The van der Waals surface area contributed by atoms with Crippen molar-refractivity contribution in [2.24, 2.45) is 0 Å². The zero-order valence-electron chi connectivity index (χ0n) is 23.9. The molecule has 1 aliphatic rings. The number of benzene rings is 6. The van der Waals surface area contributed by atoms with Crippen molar-refractivity contribution in [2.45, 2.75) is 6.61 Å². The Kier molecular flexibility index (Phi) is 6.50. The second-order valence-electron chi connectivity index (χ2n) is 10.8. The third kappa shape index (κ3) is 4.83. The van der Waals surface area contributed by atoms with Crippen LogP contribution in [0.2, 0.25) is 0 Å². The molecule has 7 aromatic rings. The van der Waals surface area contributed by atoms with Crippen molar-refractivity contribution in [3.8, 4) is 73.3 Å². The molecule has 0 bridgehead atoms. The van der Waals surface area contributed by atoms with Crippen molar-refractivity contribution < 1.29 is 4.74 Å². The molecule has 0 fully saturated rings. The molecule has 8 rings (SSSR count). The van der Waals surface area contributed by atoms with E-state index in [2.05, 4.69) is 103 Å². The molecule has 0 N–H and O–H groups in total. The summed E-state index contributed by atoms with van der Waals surface area (Å²) in [5, 5.41) is 0. The number of nitrogens with zero attached hydrogens (tertiary/aromatic N) is 3. The van der Waals surface area contributed by atoms with E-state index in [1.165, 1.54) is 22.3 Å². The Balaban J connectivity index is 1.19. The largest absolute Gasteiger partial charge is 0.488 e. The summed E-state index contributed by atoms with van der Waals surface area (Å²) in [6.45, 7) is 0.570. The number of rotatable bonds is 5. The van der Waals surface area contributed by atoms with Crippen LogP contribution in [0.5, 0.6) is 5.75 Å². The molecule has 0 amide bonds. The maximum atomic E-state index is 6.02. The third-order valence-electron chi connectivity index (χ3n) is 8.06.